The molecule has 1 aromatic carbocycles. The van der Waals surface area contributed by atoms with Crippen LogP contribution in [0.15, 0.2) is 24.3 Å². The molecule has 0 aromatic heterocycles. The molecular weight excluding hydrogens is 243 g/mol. The van der Waals surface area contributed by atoms with E-state index in [0.717, 1.165) is 31.5 Å². The van der Waals surface area contributed by atoms with Crippen molar-refractivity contribution in [2.75, 3.05) is 20.1 Å². The van der Waals surface area contributed by atoms with Gasteiger partial charge in [0.25, 0.3) is 0 Å². The monoisotopic (exact) mass is 264 g/mol. The van der Waals surface area contributed by atoms with Crippen molar-refractivity contribution >= 4 is 5.91 Å². The summed E-state index contributed by atoms with van der Waals surface area (Å²) in [6.45, 7) is 4.16. The van der Waals surface area contributed by atoms with E-state index in [1.54, 1.807) is 18.0 Å². The molecule has 1 fully saturated rings. The highest BCUT2D eigenvalue weighted by atomic mass is 19.1. The van der Waals surface area contributed by atoms with Crippen molar-refractivity contribution in [2.24, 2.45) is 5.41 Å². The second-order valence-corrected chi connectivity index (χ2v) is 5.63. The third-order valence-electron chi connectivity index (χ3n) is 3.77. The summed E-state index contributed by atoms with van der Waals surface area (Å²) < 4.78 is 13.1. The normalized spacial score (nSPS) is 23.1. The van der Waals surface area contributed by atoms with Gasteiger partial charge >= 0.3 is 0 Å². The van der Waals surface area contributed by atoms with Crippen molar-refractivity contribution in [1.82, 2.24) is 10.2 Å². The van der Waals surface area contributed by atoms with Crippen LogP contribution < -0.4 is 5.32 Å². The van der Waals surface area contributed by atoms with Gasteiger partial charge in [0, 0.05) is 20.1 Å². The lowest BCUT2D eigenvalue weighted by Crippen LogP contribution is -2.48. The minimum atomic E-state index is -0.333. The van der Waals surface area contributed by atoms with Gasteiger partial charge in [-0.05, 0) is 44.0 Å². The quantitative estimate of drug-likeness (QED) is 0.907. The van der Waals surface area contributed by atoms with Crippen molar-refractivity contribution in [3.63, 3.8) is 0 Å². The maximum atomic E-state index is 13.1. The standard InChI is InChI=1S/C15H21FN2O/c1-15(7-4-8-17-11-15)14(19)18(2)10-12-5-3-6-13(16)9-12/h3,5-6,9,17H,4,7-8,10-11H2,1-2H3. The topological polar surface area (TPSA) is 32.3 Å². The molecule has 1 unspecified atom stereocenters. The van der Waals surface area contributed by atoms with Gasteiger partial charge in [-0.3, -0.25) is 4.79 Å². The van der Waals surface area contributed by atoms with Crippen LogP contribution in [-0.4, -0.2) is 30.9 Å². The van der Waals surface area contributed by atoms with Gasteiger partial charge in [-0.1, -0.05) is 12.1 Å². The van der Waals surface area contributed by atoms with Gasteiger partial charge in [-0.2, -0.15) is 0 Å². The van der Waals surface area contributed by atoms with Gasteiger partial charge in [0.05, 0.1) is 5.41 Å². The molecule has 1 aromatic rings. The van der Waals surface area contributed by atoms with Crippen LogP contribution in [0.4, 0.5) is 4.39 Å². The van der Waals surface area contributed by atoms with Crippen molar-refractivity contribution < 1.29 is 9.18 Å². The van der Waals surface area contributed by atoms with Crippen LogP contribution in [0.3, 0.4) is 0 Å². The molecule has 2 rings (SSSR count). The van der Waals surface area contributed by atoms with Gasteiger partial charge in [0.15, 0.2) is 0 Å². The summed E-state index contributed by atoms with van der Waals surface area (Å²) in [4.78, 5) is 14.2. The van der Waals surface area contributed by atoms with Crippen molar-refractivity contribution in [2.45, 2.75) is 26.3 Å². The molecule has 1 atom stereocenters. The number of hydrogen-bond donors (Lipinski definition) is 1. The number of halogens is 1. The zero-order valence-electron chi connectivity index (χ0n) is 11.6. The zero-order chi connectivity index (χ0) is 13.9. The van der Waals surface area contributed by atoms with Gasteiger partial charge in [-0.25, -0.2) is 4.39 Å². The number of nitrogens with zero attached hydrogens (tertiary/aromatic N) is 1. The third-order valence-corrected chi connectivity index (χ3v) is 3.77. The Morgan fingerprint density at radius 2 is 2.32 bits per heavy atom. The van der Waals surface area contributed by atoms with Crippen LogP contribution >= 0.6 is 0 Å². The van der Waals surface area contributed by atoms with E-state index >= 15 is 0 Å². The molecule has 0 radical (unpaired) electrons. The fraction of sp³-hybridized carbons (Fsp3) is 0.533. The number of benzene rings is 1. The van der Waals surface area contributed by atoms with Crippen molar-refractivity contribution in [3.8, 4) is 0 Å². The van der Waals surface area contributed by atoms with E-state index in [4.69, 9.17) is 0 Å². The van der Waals surface area contributed by atoms with Crippen LogP contribution in [0.25, 0.3) is 0 Å². The molecule has 19 heavy (non-hydrogen) atoms. The Bertz CT molecular complexity index is 455. The summed E-state index contributed by atoms with van der Waals surface area (Å²) in [6, 6.07) is 6.41. The van der Waals surface area contributed by atoms with Crippen LogP contribution in [0, 0.1) is 11.2 Å². The highest BCUT2D eigenvalue weighted by Gasteiger charge is 2.36. The number of carbonyl (C=O) groups excluding carboxylic acids is 1. The predicted octanol–water partition coefficient (Wildman–Crippen LogP) is 2.17. The molecule has 0 aliphatic carbocycles. The maximum absolute atomic E-state index is 13.1. The molecule has 0 bridgehead atoms. The van der Waals surface area contributed by atoms with E-state index in [0.29, 0.717) is 6.54 Å². The van der Waals surface area contributed by atoms with E-state index in [2.05, 4.69) is 5.32 Å². The molecule has 0 saturated carbocycles. The molecule has 4 heteroatoms. The maximum Gasteiger partial charge on any atom is 0.229 e. The van der Waals surface area contributed by atoms with Gasteiger partial charge in [0.1, 0.15) is 5.82 Å². The Labute approximate surface area is 113 Å². The SMILES string of the molecule is CN(Cc1cccc(F)c1)C(=O)C1(C)CCCNC1. The molecule has 1 N–H and O–H groups in total. The summed E-state index contributed by atoms with van der Waals surface area (Å²) in [6.07, 6.45) is 1.93. The summed E-state index contributed by atoms with van der Waals surface area (Å²) in [5.74, 6) is -0.132. The molecule has 1 amide bonds. The zero-order valence-corrected chi connectivity index (χ0v) is 11.6. The summed E-state index contributed by atoms with van der Waals surface area (Å²) in [7, 11) is 1.78. The number of nitrogens with one attached hydrogen (secondary N) is 1. The highest BCUT2D eigenvalue weighted by molar-refractivity contribution is 5.82. The first-order valence-electron chi connectivity index (χ1n) is 6.72. The third kappa shape index (κ3) is 3.32. The molecule has 1 heterocycles. The van der Waals surface area contributed by atoms with Gasteiger partial charge in [0.2, 0.25) is 5.91 Å². The molecule has 1 aliphatic rings. The first kappa shape index (κ1) is 14.0. The van der Waals surface area contributed by atoms with Crippen LogP contribution in [0.2, 0.25) is 0 Å². The lowest BCUT2D eigenvalue weighted by Gasteiger charge is -2.36. The predicted molar refractivity (Wildman–Crippen MR) is 73.1 cm³/mol. The van der Waals surface area contributed by atoms with Crippen LogP contribution in [0.1, 0.15) is 25.3 Å². The number of piperidine rings is 1. The first-order chi connectivity index (χ1) is 9.01. The molecule has 3 nitrogen and oxygen atoms in total. The molecule has 1 saturated heterocycles. The molecule has 1 aliphatic heterocycles. The summed E-state index contributed by atoms with van der Waals surface area (Å²) in [5, 5.41) is 3.28. The smallest absolute Gasteiger partial charge is 0.229 e. The average molecular weight is 264 g/mol. The van der Waals surface area contributed by atoms with Gasteiger partial charge in [-0.15, -0.1) is 0 Å². The Hall–Kier alpha value is -1.42. The number of rotatable bonds is 3. The molecule has 104 valence electrons. The number of hydrogen-bond acceptors (Lipinski definition) is 2. The summed E-state index contributed by atoms with van der Waals surface area (Å²) in [5.41, 5.74) is 0.489. The Morgan fingerprint density at radius 3 is 2.95 bits per heavy atom. The lowest BCUT2D eigenvalue weighted by molar-refractivity contribution is -0.141. The fourth-order valence-electron chi connectivity index (χ4n) is 2.68. The second kappa shape index (κ2) is 5.70. The van der Waals surface area contributed by atoms with E-state index in [1.807, 2.05) is 13.0 Å². The fourth-order valence-corrected chi connectivity index (χ4v) is 2.68. The highest BCUT2D eigenvalue weighted by Crippen LogP contribution is 2.28. The van der Waals surface area contributed by atoms with E-state index in [1.165, 1.54) is 12.1 Å². The average Bonchev–Trinajstić information content (AvgIpc) is 2.38. The Kier molecular flexibility index (Phi) is 4.20. The van der Waals surface area contributed by atoms with E-state index < -0.39 is 0 Å². The van der Waals surface area contributed by atoms with Crippen LogP contribution in [0.5, 0.6) is 0 Å². The van der Waals surface area contributed by atoms with E-state index in [-0.39, 0.29) is 17.1 Å². The van der Waals surface area contributed by atoms with Crippen molar-refractivity contribution in [3.05, 3.63) is 35.6 Å². The van der Waals surface area contributed by atoms with Crippen LogP contribution in [-0.2, 0) is 11.3 Å². The minimum Gasteiger partial charge on any atom is -0.341 e. The lowest BCUT2D eigenvalue weighted by atomic mass is 9.81. The largest absolute Gasteiger partial charge is 0.341 e. The Balaban J connectivity index is 2.03. The summed E-state index contributed by atoms with van der Waals surface area (Å²) >= 11 is 0. The number of amides is 1. The molecular formula is C15H21FN2O. The second-order valence-electron chi connectivity index (χ2n) is 5.63. The van der Waals surface area contributed by atoms with E-state index in [9.17, 15) is 9.18 Å². The minimum absolute atomic E-state index is 0.129. The molecule has 0 spiro atoms. The first-order valence-corrected chi connectivity index (χ1v) is 6.72. The van der Waals surface area contributed by atoms with Gasteiger partial charge < -0.3 is 10.2 Å². The van der Waals surface area contributed by atoms with Crippen molar-refractivity contribution in [1.29, 1.82) is 0 Å². The Morgan fingerprint density at radius 1 is 1.53 bits per heavy atom. The number of carbonyl (C=O) groups is 1.